The Morgan fingerprint density at radius 3 is 3.22 bits per heavy atom. The zero-order valence-corrected chi connectivity index (χ0v) is 8.04. The van der Waals surface area contributed by atoms with E-state index in [9.17, 15) is 0 Å². The van der Waals surface area contributed by atoms with Gasteiger partial charge in [0.2, 0.25) is 0 Å². The molecule has 0 spiro atoms. The normalized spacial score (nSPS) is 18.6. The van der Waals surface area contributed by atoms with Crippen molar-refractivity contribution in [2.24, 2.45) is 4.99 Å². The summed E-state index contributed by atoms with van der Waals surface area (Å²) in [6.45, 7) is 2.11. The van der Waals surface area contributed by atoms with Gasteiger partial charge in [-0.05, 0) is 6.42 Å². The molecule has 0 aromatic carbocycles. The number of hydrogen-bond donors (Lipinski definition) is 1. The number of halogens is 1. The van der Waals surface area contributed by atoms with E-state index in [4.69, 9.17) is 0 Å². The molecule has 0 aromatic heterocycles. The summed E-state index contributed by atoms with van der Waals surface area (Å²) < 4.78 is 1.09. The van der Waals surface area contributed by atoms with Crippen molar-refractivity contribution in [3.63, 3.8) is 0 Å². The second kappa shape index (κ2) is 4.38. The highest BCUT2D eigenvalue weighted by Gasteiger charge is 2.01. The second-order valence-electron chi connectivity index (χ2n) is 1.72. The fourth-order valence-corrected chi connectivity index (χ4v) is 2.03. The molecule has 0 saturated carbocycles. The lowest BCUT2D eigenvalue weighted by Gasteiger charge is -2.11. The molecule has 0 saturated heterocycles. The predicted molar refractivity (Wildman–Crippen MR) is 51.4 cm³/mol. The molecule has 1 heterocycles. The summed E-state index contributed by atoms with van der Waals surface area (Å²) >= 11 is 4.11. The summed E-state index contributed by atoms with van der Waals surface area (Å²) in [6, 6.07) is 0. The first kappa shape index (κ1) is 7.65. The maximum absolute atomic E-state index is 4.28. The van der Waals surface area contributed by atoms with E-state index in [1.165, 1.54) is 6.42 Å². The van der Waals surface area contributed by atoms with Crippen molar-refractivity contribution >= 4 is 39.5 Å². The summed E-state index contributed by atoms with van der Waals surface area (Å²) in [5.41, 5.74) is 0. The molecule has 4 heteroatoms. The highest BCUT2D eigenvalue weighted by molar-refractivity contribution is 14.1. The molecule has 0 bridgehead atoms. The van der Waals surface area contributed by atoms with E-state index < -0.39 is 0 Å². The smallest absolute Gasteiger partial charge is 0.157 e. The first-order valence-corrected chi connectivity index (χ1v) is 5.41. The van der Waals surface area contributed by atoms with Gasteiger partial charge in [-0.15, -0.1) is 0 Å². The van der Waals surface area contributed by atoms with Crippen LogP contribution in [0.4, 0.5) is 0 Å². The summed E-state index contributed by atoms with van der Waals surface area (Å²) in [5, 5.41) is 4.35. The van der Waals surface area contributed by atoms with Crippen LogP contribution in [-0.4, -0.2) is 22.0 Å². The topological polar surface area (TPSA) is 24.4 Å². The zero-order chi connectivity index (χ0) is 6.53. The molecule has 1 rings (SSSR count). The first-order chi connectivity index (χ1) is 4.43. The van der Waals surface area contributed by atoms with Gasteiger partial charge in [0.05, 0.1) is 3.76 Å². The quantitative estimate of drug-likeness (QED) is 0.567. The molecule has 0 fully saturated rings. The van der Waals surface area contributed by atoms with Gasteiger partial charge in [-0.2, -0.15) is 0 Å². The molecule has 52 valence electrons. The minimum atomic E-state index is 1.01. The molecule has 9 heavy (non-hydrogen) atoms. The molecule has 0 aromatic rings. The monoisotopic (exact) mass is 256 g/mol. The number of thioether (sulfide) groups is 1. The second-order valence-corrected chi connectivity index (χ2v) is 4.48. The van der Waals surface area contributed by atoms with Crippen LogP contribution >= 0.6 is 34.4 Å². The van der Waals surface area contributed by atoms with Gasteiger partial charge >= 0.3 is 0 Å². The van der Waals surface area contributed by atoms with Gasteiger partial charge < -0.3 is 5.32 Å². The molecule has 0 radical (unpaired) electrons. The molecule has 1 aliphatic heterocycles. The number of nitrogens with zero attached hydrogens (tertiary/aromatic N) is 1. The van der Waals surface area contributed by atoms with E-state index in [0.29, 0.717) is 0 Å². The fourth-order valence-electron chi connectivity index (χ4n) is 0.659. The SMILES string of the molecule is ICSC1=NCCCN1. The van der Waals surface area contributed by atoms with Crippen LogP contribution in [0.3, 0.4) is 0 Å². The number of nitrogens with one attached hydrogen (secondary N) is 1. The van der Waals surface area contributed by atoms with Gasteiger partial charge in [-0.25, -0.2) is 0 Å². The molecular formula is C5H9IN2S. The van der Waals surface area contributed by atoms with Gasteiger partial charge in [0.25, 0.3) is 0 Å². The highest BCUT2D eigenvalue weighted by Crippen LogP contribution is 2.08. The Balaban J connectivity index is 2.28. The molecule has 0 atom stereocenters. The number of hydrogen-bond acceptors (Lipinski definition) is 3. The zero-order valence-electron chi connectivity index (χ0n) is 5.06. The summed E-state index contributed by atoms with van der Waals surface area (Å²) in [7, 11) is 0. The van der Waals surface area contributed by atoms with Crippen molar-refractivity contribution < 1.29 is 0 Å². The molecule has 2 nitrogen and oxygen atoms in total. The Labute approximate surface area is 73.0 Å². The third-order valence-corrected chi connectivity index (χ3v) is 2.65. The summed E-state index contributed by atoms with van der Waals surface area (Å²) in [6.07, 6.45) is 1.19. The minimum Gasteiger partial charge on any atom is -0.365 e. The number of alkyl halides is 1. The molecule has 1 aliphatic rings. The van der Waals surface area contributed by atoms with Crippen molar-refractivity contribution in [2.45, 2.75) is 6.42 Å². The fraction of sp³-hybridized carbons (Fsp3) is 0.800. The largest absolute Gasteiger partial charge is 0.365 e. The Hall–Kier alpha value is 0.550. The number of amidine groups is 1. The molecular weight excluding hydrogens is 247 g/mol. The first-order valence-electron chi connectivity index (χ1n) is 2.90. The van der Waals surface area contributed by atoms with Gasteiger partial charge in [0.15, 0.2) is 5.17 Å². The third-order valence-electron chi connectivity index (χ3n) is 1.06. The van der Waals surface area contributed by atoms with Crippen molar-refractivity contribution in [3.05, 3.63) is 0 Å². The lowest BCUT2D eigenvalue weighted by atomic mass is 10.4. The Morgan fingerprint density at radius 1 is 1.78 bits per heavy atom. The number of rotatable bonds is 1. The van der Waals surface area contributed by atoms with E-state index in [1.54, 1.807) is 11.8 Å². The summed E-state index contributed by atoms with van der Waals surface area (Å²) in [5.74, 6) is 0. The number of aliphatic imine (C=N–C) groups is 1. The van der Waals surface area contributed by atoms with Crippen LogP contribution in [0.2, 0.25) is 0 Å². The average molecular weight is 256 g/mol. The van der Waals surface area contributed by atoms with Crippen molar-refractivity contribution in [1.29, 1.82) is 0 Å². The third kappa shape index (κ3) is 2.75. The Kier molecular flexibility index (Phi) is 3.72. The lowest BCUT2D eigenvalue weighted by molar-refractivity contribution is 0.751. The molecule has 0 aliphatic carbocycles. The lowest BCUT2D eigenvalue weighted by Crippen LogP contribution is -2.26. The van der Waals surface area contributed by atoms with Gasteiger partial charge in [0.1, 0.15) is 0 Å². The van der Waals surface area contributed by atoms with Crippen LogP contribution in [0.25, 0.3) is 0 Å². The molecule has 0 unspecified atom stereocenters. The van der Waals surface area contributed by atoms with Gasteiger partial charge in [-0.3, -0.25) is 4.99 Å². The van der Waals surface area contributed by atoms with E-state index in [1.807, 2.05) is 0 Å². The Bertz CT molecular complexity index is 116. The van der Waals surface area contributed by atoms with E-state index in [0.717, 1.165) is 22.0 Å². The summed E-state index contributed by atoms with van der Waals surface area (Å²) in [4.78, 5) is 4.28. The standard InChI is InChI=1S/C5H9IN2S/c6-4-9-5-7-2-1-3-8-5/h1-4H2,(H,7,8). The van der Waals surface area contributed by atoms with Crippen molar-refractivity contribution in [2.75, 3.05) is 16.8 Å². The van der Waals surface area contributed by atoms with Crippen LogP contribution in [0.1, 0.15) is 6.42 Å². The van der Waals surface area contributed by atoms with Crippen molar-refractivity contribution in [1.82, 2.24) is 5.32 Å². The maximum Gasteiger partial charge on any atom is 0.157 e. The van der Waals surface area contributed by atoms with Gasteiger partial charge in [-0.1, -0.05) is 34.4 Å². The van der Waals surface area contributed by atoms with Crippen LogP contribution < -0.4 is 5.32 Å². The van der Waals surface area contributed by atoms with Gasteiger partial charge in [0, 0.05) is 13.1 Å². The van der Waals surface area contributed by atoms with Crippen LogP contribution in [0, 0.1) is 0 Å². The predicted octanol–water partition coefficient (Wildman–Crippen LogP) is 1.46. The van der Waals surface area contributed by atoms with E-state index in [2.05, 4.69) is 32.9 Å². The van der Waals surface area contributed by atoms with Crippen LogP contribution in [0.5, 0.6) is 0 Å². The van der Waals surface area contributed by atoms with Crippen LogP contribution in [-0.2, 0) is 0 Å². The van der Waals surface area contributed by atoms with E-state index >= 15 is 0 Å². The van der Waals surface area contributed by atoms with E-state index in [-0.39, 0.29) is 0 Å². The average Bonchev–Trinajstić information content (AvgIpc) is 1.91. The molecule has 0 amide bonds. The molecule has 1 N–H and O–H groups in total. The Morgan fingerprint density at radius 2 is 2.67 bits per heavy atom. The van der Waals surface area contributed by atoms with Crippen molar-refractivity contribution in [3.8, 4) is 0 Å². The highest BCUT2D eigenvalue weighted by atomic mass is 127. The van der Waals surface area contributed by atoms with Crippen LogP contribution in [0.15, 0.2) is 4.99 Å². The minimum absolute atomic E-state index is 1.01. The maximum atomic E-state index is 4.28.